The van der Waals surface area contributed by atoms with Gasteiger partial charge in [0.2, 0.25) is 0 Å². The molecule has 4 rings (SSSR count). The second-order valence-corrected chi connectivity index (χ2v) is 11.7. The minimum Gasteiger partial charge on any atom is -0.504 e. The van der Waals surface area contributed by atoms with Gasteiger partial charge in [-0.25, -0.2) is 0 Å². The molecule has 0 radical (unpaired) electrons. The van der Waals surface area contributed by atoms with Gasteiger partial charge in [0, 0.05) is 23.3 Å². The second-order valence-electron chi connectivity index (χ2n) is 8.88. The summed E-state index contributed by atoms with van der Waals surface area (Å²) in [4.78, 5) is -1.41. The molecule has 14 nitrogen and oxygen atoms in total. The monoisotopic (exact) mass is 642 g/mol. The predicted octanol–water partition coefficient (Wildman–Crippen LogP) is 6.89. The van der Waals surface area contributed by atoms with Gasteiger partial charge >= 0.3 is 0 Å². The predicted molar refractivity (Wildman–Crippen MR) is 158 cm³/mol. The Labute approximate surface area is 252 Å². The van der Waals surface area contributed by atoms with Crippen LogP contribution < -0.4 is 9.47 Å². The van der Waals surface area contributed by atoms with Gasteiger partial charge in [0.1, 0.15) is 9.79 Å². The van der Waals surface area contributed by atoms with E-state index in [1.54, 1.807) is 13.8 Å². The van der Waals surface area contributed by atoms with E-state index < -0.39 is 30.0 Å². The van der Waals surface area contributed by atoms with Gasteiger partial charge in [0.15, 0.2) is 23.0 Å². The van der Waals surface area contributed by atoms with Gasteiger partial charge in [-0.3, -0.25) is 9.11 Å². The number of phenolic OH excluding ortho intramolecular Hbond substituents is 2. The Hall–Kier alpha value is -4.90. The third-order valence-corrected chi connectivity index (χ3v) is 7.61. The number of ether oxygens (including phenoxy) is 2. The fourth-order valence-corrected chi connectivity index (χ4v) is 5.37. The largest absolute Gasteiger partial charge is 0.504 e. The standard InChI is InChI=1S/C28H26N4O10S2/c1-3-41-25-13-17(7-11-23(25)33)29-31-19-5-9-21(27(15-19)43(35,36)37)22-10-6-20(16-28(22)44(38,39)40)32-30-18-8-12-24(34)26(14-18)42-4-2/h5-16,33-34H,3-4H2,1-2H3,(H,35,36,37)(H,38,39,40)/b31-29+,32-30+. The van der Waals surface area contributed by atoms with Crippen molar-refractivity contribution in [1.82, 2.24) is 0 Å². The van der Waals surface area contributed by atoms with E-state index in [0.717, 1.165) is 12.1 Å². The molecule has 0 heterocycles. The van der Waals surface area contributed by atoms with E-state index in [0.29, 0.717) is 0 Å². The number of rotatable bonds is 11. The molecule has 0 aliphatic carbocycles. The van der Waals surface area contributed by atoms with Gasteiger partial charge in [-0.1, -0.05) is 12.1 Å². The highest BCUT2D eigenvalue weighted by atomic mass is 32.2. The number of azo groups is 2. The van der Waals surface area contributed by atoms with Crippen LogP contribution in [0.15, 0.2) is 103 Å². The van der Waals surface area contributed by atoms with E-state index in [1.807, 2.05) is 0 Å². The molecular weight excluding hydrogens is 616 g/mol. The van der Waals surface area contributed by atoms with Crippen molar-refractivity contribution < 1.29 is 45.6 Å². The van der Waals surface area contributed by atoms with Crippen LogP contribution in [0.1, 0.15) is 13.8 Å². The molecule has 0 saturated carbocycles. The number of phenols is 2. The molecule has 0 unspecified atom stereocenters. The summed E-state index contributed by atoms with van der Waals surface area (Å²) >= 11 is 0. The summed E-state index contributed by atoms with van der Waals surface area (Å²) < 4.78 is 80.0. The summed E-state index contributed by atoms with van der Waals surface area (Å²) in [6.45, 7) is 4.04. The maximum Gasteiger partial charge on any atom is 0.295 e. The lowest BCUT2D eigenvalue weighted by Crippen LogP contribution is -2.05. The molecule has 0 aliphatic heterocycles. The lowest BCUT2D eigenvalue weighted by molar-refractivity contribution is 0.318. The van der Waals surface area contributed by atoms with Crippen LogP contribution in [0, 0.1) is 0 Å². The third kappa shape index (κ3) is 7.73. The van der Waals surface area contributed by atoms with Gasteiger partial charge in [0.05, 0.1) is 36.0 Å². The molecular formula is C28H26N4O10S2. The van der Waals surface area contributed by atoms with Gasteiger partial charge in [-0.05, 0) is 62.4 Å². The molecule has 0 aliphatic rings. The van der Waals surface area contributed by atoms with Gasteiger partial charge in [-0.15, -0.1) is 0 Å². The van der Waals surface area contributed by atoms with Crippen molar-refractivity contribution in [3.63, 3.8) is 0 Å². The first kappa shape index (κ1) is 32.0. The van der Waals surface area contributed by atoms with Crippen LogP contribution in [0.25, 0.3) is 11.1 Å². The van der Waals surface area contributed by atoms with Crippen LogP contribution in [0.5, 0.6) is 23.0 Å². The zero-order valence-electron chi connectivity index (χ0n) is 23.2. The van der Waals surface area contributed by atoms with Crippen LogP contribution in [0.3, 0.4) is 0 Å². The van der Waals surface area contributed by atoms with E-state index in [4.69, 9.17) is 9.47 Å². The zero-order valence-corrected chi connectivity index (χ0v) is 24.8. The molecule has 4 aromatic carbocycles. The lowest BCUT2D eigenvalue weighted by atomic mass is 10.0. The Morgan fingerprint density at radius 2 is 0.864 bits per heavy atom. The number of benzene rings is 4. The average molecular weight is 643 g/mol. The molecule has 0 bridgehead atoms. The van der Waals surface area contributed by atoms with Crippen molar-refractivity contribution in [2.24, 2.45) is 20.5 Å². The number of nitrogens with zero attached hydrogens (tertiary/aromatic N) is 4. The topological polar surface area (TPSA) is 217 Å². The van der Waals surface area contributed by atoms with Crippen molar-refractivity contribution in [2.45, 2.75) is 23.6 Å². The first-order chi connectivity index (χ1) is 20.8. The first-order valence-corrected chi connectivity index (χ1v) is 15.7. The van der Waals surface area contributed by atoms with Crippen molar-refractivity contribution in [2.75, 3.05) is 13.2 Å². The van der Waals surface area contributed by atoms with Crippen molar-refractivity contribution in [3.8, 4) is 34.1 Å². The molecule has 44 heavy (non-hydrogen) atoms. The van der Waals surface area contributed by atoms with E-state index in [2.05, 4.69) is 20.5 Å². The van der Waals surface area contributed by atoms with Gasteiger partial charge in [0.25, 0.3) is 20.2 Å². The average Bonchev–Trinajstić information content (AvgIpc) is 2.97. The Bertz CT molecular complexity index is 1840. The Kier molecular flexibility index (Phi) is 9.59. The minimum atomic E-state index is -4.94. The Balaban J connectivity index is 1.74. The number of hydrogen-bond donors (Lipinski definition) is 4. The molecule has 0 fully saturated rings. The molecule has 4 N–H and O–H groups in total. The molecule has 0 spiro atoms. The van der Waals surface area contributed by atoms with Crippen molar-refractivity contribution in [3.05, 3.63) is 72.8 Å². The second kappa shape index (κ2) is 13.2. The van der Waals surface area contributed by atoms with E-state index in [1.165, 1.54) is 60.7 Å². The van der Waals surface area contributed by atoms with Crippen LogP contribution in [-0.2, 0) is 20.2 Å². The van der Waals surface area contributed by atoms with Gasteiger partial charge < -0.3 is 19.7 Å². The minimum absolute atomic E-state index is 0.0217. The third-order valence-electron chi connectivity index (χ3n) is 5.82. The Morgan fingerprint density at radius 3 is 1.18 bits per heavy atom. The highest BCUT2D eigenvalue weighted by Gasteiger charge is 2.24. The fourth-order valence-electron chi connectivity index (χ4n) is 3.92. The Morgan fingerprint density at radius 1 is 0.545 bits per heavy atom. The highest BCUT2D eigenvalue weighted by Crippen LogP contribution is 2.38. The van der Waals surface area contributed by atoms with E-state index in [9.17, 15) is 36.2 Å². The molecule has 0 atom stereocenters. The van der Waals surface area contributed by atoms with Gasteiger partial charge in [-0.2, -0.15) is 37.3 Å². The molecule has 4 aromatic rings. The summed E-state index contributed by atoms with van der Waals surface area (Å²) in [6.07, 6.45) is 0. The SMILES string of the molecule is CCOc1cc(/N=N/c2ccc(-c3ccc(/N=N/c4ccc(O)c(OCC)c4)cc3S(=O)(=O)O)c(S(=O)(=O)O)c2)ccc1O. The fraction of sp³-hybridized carbons (Fsp3) is 0.143. The molecule has 0 saturated heterocycles. The first-order valence-electron chi connectivity index (χ1n) is 12.8. The quantitative estimate of drug-likeness (QED) is 0.0981. The maximum absolute atomic E-state index is 12.4. The molecule has 0 amide bonds. The van der Waals surface area contributed by atoms with Crippen molar-refractivity contribution >= 4 is 43.0 Å². The highest BCUT2D eigenvalue weighted by molar-refractivity contribution is 7.86. The summed E-state index contributed by atoms with van der Waals surface area (Å²) in [5.41, 5.74) is -0.0262. The molecule has 0 aromatic heterocycles. The summed E-state index contributed by atoms with van der Waals surface area (Å²) in [5, 5.41) is 35.6. The number of hydrogen-bond acceptors (Lipinski definition) is 12. The maximum atomic E-state index is 12.4. The smallest absolute Gasteiger partial charge is 0.295 e. The van der Waals surface area contributed by atoms with Crippen LogP contribution in [0.2, 0.25) is 0 Å². The van der Waals surface area contributed by atoms with E-state index >= 15 is 0 Å². The normalized spacial score (nSPS) is 12.2. The van der Waals surface area contributed by atoms with Crippen molar-refractivity contribution in [1.29, 1.82) is 0 Å². The zero-order chi connectivity index (χ0) is 32.1. The van der Waals surface area contributed by atoms with Crippen LogP contribution >= 0.6 is 0 Å². The number of aromatic hydroxyl groups is 2. The van der Waals surface area contributed by atoms with Crippen LogP contribution in [0.4, 0.5) is 22.7 Å². The molecule has 230 valence electrons. The summed E-state index contributed by atoms with van der Waals surface area (Å²) in [7, 11) is -9.89. The lowest BCUT2D eigenvalue weighted by Gasteiger charge is -2.12. The summed E-state index contributed by atoms with van der Waals surface area (Å²) in [6, 6.07) is 15.4. The van der Waals surface area contributed by atoms with Crippen LogP contribution in [-0.4, -0.2) is 49.4 Å². The summed E-state index contributed by atoms with van der Waals surface area (Å²) in [5.74, 6) is 0.109. The van der Waals surface area contributed by atoms with E-state index in [-0.39, 0.29) is 70.1 Å². The molecule has 16 heteroatoms.